The molecular formula is C22H25ClF3N3O3S. The second-order valence-corrected chi connectivity index (χ2v) is 10.2. The number of anilines is 3. The van der Waals surface area contributed by atoms with Crippen molar-refractivity contribution in [2.45, 2.75) is 38.4 Å². The largest absolute Gasteiger partial charge is 0.417 e. The molecule has 0 aromatic heterocycles. The van der Waals surface area contributed by atoms with Crippen molar-refractivity contribution in [3.63, 3.8) is 0 Å². The number of alkyl halides is 3. The minimum absolute atomic E-state index is 0.308. The van der Waals surface area contributed by atoms with Crippen LogP contribution in [0.3, 0.4) is 0 Å². The zero-order valence-corrected chi connectivity index (χ0v) is 19.8. The van der Waals surface area contributed by atoms with E-state index in [0.717, 1.165) is 50.0 Å². The Morgan fingerprint density at radius 3 is 2.24 bits per heavy atom. The predicted molar refractivity (Wildman–Crippen MR) is 124 cm³/mol. The van der Waals surface area contributed by atoms with Crippen molar-refractivity contribution in [1.29, 1.82) is 0 Å². The summed E-state index contributed by atoms with van der Waals surface area (Å²) in [6.07, 6.45) is -0.502. The Hall–Kier alpha value is -2.46. The molecule has 180 valence electrons. The third kappa shape index (κ3) is 6.11. The molecule has 6 nitrogen and oxygen atoms in total. The topological polar surface area (TPSA) is 69.7 Å². The molecule has 0 unspecified atom stereocenters. The zero-order valence-electron chi connectivity index (χ0n) is 18.2. The fourth-order valence-electron chi connectivity index (χ4n) is 3.83. The fraction of sp³-hybridized carbons (Fsp3) is 0.409. The molecule has 3 rings (SSSR count). The molecule has 0 bridgehead atoms. The summed E-state index contributed by atoms with van der Waals surface area (Å²) in [6.45, 7) is 3.24. The molecule has 1 aliphatic heterocycles. The lowest BCUT2D eigenvalue weighted by molar-refractivity contribution is -0.137. The summed E-state index contributed by atoms with van der Waals surface area (Å²) < 4.78 is 65.3. The summed E-state index contributed by atoms with van der Waals surface area (Å²) in [6, 6.07) is 8.57. The molecule has 2 aromatic carbocycles. The van der Waals surface area contributed by atoms with Crippen molar-refractivity contribution < 1.29 is 26.4 Å². The lowest BCUT2D eigenvalue weighted by Gasteiger charge is -2.29. The van der Waals surface area contributed by atoms with Gasteiger partial charge in [-0.1, -0.05) is 11.6 Å². The lowest BCUT2D eigenvalue weighted by atomic mass is 10.1. The van der Waals surface area contributed by atoms with E-state index in [1.807, 2.05) is 12.1 Å². The van der Waals surface area contributed by atoms with Crippen LogP contribution in [0.5, 0.6) is 0 Å². The van der Waals surface area contributed by atoms with Gasteiger partial charge in [0.05, 0.1) is 22.5 Å². The Balaban J connectivity index is 1.81. The number of carbonyl (C=O) groups excluding carboxylic acids is 1. The zero-order chi connectivity index (χ0) is 24.4. The highest BCUT2D eigenvalue weighted by Crippen LogP contribution is 2.38. The van der Waals surface area contributed by atoms with E-state index in [-0.39, 0.29) is 5.69 Å². The number of piperidine rings is 1. The van der Waals surface area contributed by atoms with Crippen molar-refractivity contribution in [3.8, 4) is 0 Å². The van der Waals surface area contributed by atoms with Crippen LogP contribution in [-0.2, 0) is 21.0 Å². The molecule has 1 fully saturated rings. The molecule has 1 amide bonds. The van der Waals surface area contributed by atoms with Gasteiger partial charge in [0.25, 0.3) is 0 Å². The van der Waals surface area contributed by atoms with Crippen LogP contribution in [0.15, 0.2) is 42.5 Å². The van der Waals surface area contributed by atoms with Crippen LogP contribution < -0.4 is 14.5 Å². The van der Waals surface area contributed by atoms with Gasteiger partial charge in [-0.05, 0) is 68.7 Å². The van der Waals surface area contributed by atoms with Crippen LogP contribution in [-0.4, -0.2) is 39.7 Å². The molecule has 0 aliphatic carbocycles. The Morgan fingerprint density at radius 2 is 1.70 bits per heavy atom. The number of rotatable bonds is 6. The SMILES string of the molecule is C[C@H](C(=O)Nc1ccc(N2CCCCC2)cc1)N(c1ccc(Cl)c(C(F)(F)F)c1)S(C)(=O)=O. The number of hydrogen-bond donors (Lipinski definition) is 1. The molecule has 1 N–H and O–H groups in total. The van der Waals surface area contributed by atoms with Crippen LogP contribution in [0.25, 0.3) is 0 Å². The van der Waals surface area contributed by atoms with Crippen LogP contribution in [0.4, 0.5) is 30.2 Å². The van der Waals surface area contributed by atoms with Crippen molar-refractivity contribution in [2.24, 2.45) is 0 Å². The van der Waals surface area contributed by atoms with Crippen LogP contribution in [0.1, 0.15) is 31.7 Å². The first-order valence-corrected chi connectivity index (χ1v) is 12.6. The Morgan fingerprint density at radius 1 is 1.09 bits per heavy atom. The van der Waals surface area contributed by atoms with Gasteiger partial charge in [0.1, 0.15) is 6.04 Å². The van der Waals surface area contributed by atoms with Gasteiger partial charge in [-0.2, -0.15) is 13.2 Å². The molecule has 0 radical (unpaired) electrons. The number of hydrogen-bond acceptors (Lipinski definition) is 4. The Bertz CT molecular complexity index is 1100. The summed E-state index contributed by atoms with van der Waals surface area (Å²) in [5.41, 5.74) is -0.0129. The molecule has 11 heteroatoms. The number of amides is 1. The van der Waals surface area contributed by atoms with Gasteiger partial charge >= 0.3 is 6.18 Å². The summed E-state index contributed by atoms with van der Waals surface area (Å²) in [5.74, 6) is -0.686. The van der Waals surface area contributed by atoms with Gasteiger partial charge in [-0.3, -0.25) is 9.10 Å². The monoisotopic (exact) mass is 503 g/mol. The molecule has 1 atom stereocenters. The van der Waals surface area contributed by atoms with E-state index in [2.05, 4.69) is 10.2 Å². The highest BCUT2D eigenvalue weighted by molar-refractivity contribution is 7.92. The second-order valence-electron chi connectivity index (χ2n) is 7.98. The van der Waals surface area contributed by atoms with E-state index in [1.54, 1.807) is 12.1 Å². The molecule has 1 heterocycles. The smallest absolute Gasteiger partial charge is 0.372 e. The number of sulfonamides is 1. The predicted octanol–water partition coefficient (Wildman–Crippen LogP) is 5.14. The van der Waals surface area contributed by atoms with E-state index >= 15 is 0 Å². The lowest BCUT2D eigenvalue weighted by Crippen LogP contribution is -2.45. The first kappa shape index (κ1) is 25.2. The maximum Gasteiger partial charge on any atom is 0.417 e. The molecule has 0 spiro atoms. The number of nitrogens with zero attached hydrogens (tertiary/aromatic N) is 2. The molecular weight excluding hydrogens is 479 g/mol. The van der Waals surface area contributed by atoms with Gasteiger partial charge in [0, 0.05) is 24.5 Å². The maximum atomic E-state index is 13.3. The van der Waals surface area contributed by atoms with E-state index < -0.39 is 38.7 Å². The van der Waals surface area contributed by atoms with E-state index in [0.29, 0.717) is 16.1 Å². The number of halogens is 4. The third-order valence-corrected chi connectivity index (χ3v) is 7.03. The van der Waals surface area contributed by atoms with Gasteiger partial charge in [-0.25, -0.2) is 8.42 Å². The highest BCUT2D eigenvalue weighted by atomic mass is 35.5. The molecule has 33 heavy (non-hydrogen) atoms. The second kappa shape index (κ2) is 9.80. The first-order valence-electron chi connectivity index (χ1n) is 10.4. The molecule has 1 aliphatic rings. The Kier molecular flexibility index (Phi) is 7.48. The first-order chi connectivity index (χ1) is 15.4. The van der Waals surface area contributed by atoms with Gasteiger partial charge in [0.2, 0.25) is 15.9 Å². The molecule has 2 aromatic rings. The number of carbonyl (C=O) groups is 1. The van der Waals surface area contributed by atoms with Gasteiger partial charge < -0.3 is 10.2 Å². The van der Waals surface area contributed by atoms with Crippen molar-refractivity contribution in [1.82, 2.24) is 0 Å². The van der Waals surface area contributed by atoms with Crippen molar-refractivity contribution >= 4 is 44.6 Å². The summed E-state index contributed by atoms with van der Waals surface area (Å²) in [7, 11) is -4.10. The summed E-state index contributed by atoms with van der Waals surface area (Å²) >= 11 is 5.65. The van der Waals surface area contributed by atoms with Crippen molar-refractivity contribution in [2.75, 3.05) is 33.9 Å². The standard InChI is InChI=1S/C22H25ClF3N3O3S/c1-15(21(30)27-16-6-8-17(9-7-16)28-12-4-3-5-13-28)29(33(2,31)32)18-10-11-20(23)19(14-18)22(24,25)26/h6-11,14-15H,3-5,12-13H2,1-2H3,(H,27,30)/t15-/m1/s1. The third-order valence-electron chi connectivity index (χ3n) is 5.45. The van der Waals surface area contributed by atoms with Crippen LogP contribution >= 0.6 is 11.6 Å². The minimum Gasteiger partial charge on any atom is -0.372 e. The minimum atomic E-state index is -4.78. The number of nitrogens with one attached hydrogen (secondary N) is 1. The molecule has 1 saturated heterocycles. The van der Waals surface area contributed by atoms with E-state index in [4.69, 9.17) is 11.6 Å². The van der Waals surface area contributed by atoms with Crippen molar-refractivity contribution in [3.05, 3.63) is 53.1 Å². The number of benzene rings is 2. The highest BCUT2D eigenvalue weighted by Gasteiger charge is 2.36. The van der Waals surface area contributed by atoms with Crippen LogP contribution in [0.2, 0.25) is 5.02 Å². The molecule has 0 saturated carbocycles. The fourth-order valence-corrected chi connectivity index (χ4v) is 5.22. The average molecular weight is 504 g/mol. The van der Waals surface area contributed by atoms with Gasteiger partial charge in [0.15, 0.2) is 0 Å². The van der Waals surface area contributed by atoms with E-state index in [1.165, 1.54) is 13.3 Å². The van der Waals surface area contributed by atoms with Crippen LogP contribution in [0, 0.1) is 0 Å². The van der Waals surface area contributed by atoms with E-state index in [9.17, 15) is 26.4 Å². The Labute approximate surface area is 196 Å². The summed E-state index contributed by atoms with van der Waals surface area (Å²) in [5, 5.41) is 2.07. The van der Waals surface area contributed by atoms with Gasteiger partial charge in [-0.15, -0.1) is 0 Å². The average Bonchev–Trinajstić information content (AvgIpc) is 2.74. The summed E-state index contributed by atoms with van der Waals surface area (Å²) in [4.78, 5) is 15.1. The normalized spacial score (nSPS) is 15.8. The quantitative estimate of drug-likeness (QED) is 0.592. The maximum absolute atomic E-state index is 13.3.